The molecular weight excluding hydrogens is 346 g/mol. The normalized spacial score (nSPS) is 10.9. The molecule has 2 N–H and O–H groups in total. The molecule has 5 heteroatoms. The highest BCUT2D eigenvalue weighted by Crippen LogP contribution is 2.41. The van der Waals surface area contributed by atoms with Gasteiger partial charge in [0.1, 0.15) is 0 Å². The van der Waals surface area contributed by atoms with E-state index in [2.05, 4.69) is 76.8 Å². The largest absolute Gasteiger partial charge is 0.325 e. The molecule has 4 rings (SSSR count). The third kappa shape index (κ3) is 3.83. The summed E-state index contributed by atoms with van der Waals surface area (Å²) in [4.78, 5) is 10.4. The Morgan fingerprint density at radius 2 is 1.68 bits per heavy atom. The molecule has 0 saturated heterocycles. The molecule has 124 valence electrons. The molecular formula is C20H17N3S2. The zero-order valence-electron chi connectivity index (χ0n) is 13.7. The minimum absolute atomic E-state index is 0.762. The van der Waals surface area contributed by atoms with Crippen LogP contribution < -0.4 is 5.32 Å². The fraction of sp³-hybridized carbons (Fsp3) is 0.0500. The lowest BCUT2D eigenvalue weighted by molar-refractivity contribution is 1.29. The van der Waals surface area contributed by atoms with E-state index in [1.165, 1.54) is 15.4 Å². The quantitative estimate of drug-likeness (QED) is 0.402. The van der Waals surface area contributed by atoms with Crippen LogP contribution in [0.4, 0.5) is 11.6 Å². The molecule has 0 fully saturated rings. The Labute approximate surface area is 154 Å². The standard InChI is InChI=1S/C20H17N3S2/c1-14-11-12-16-18(13-14)23-20(21-16)22-17-9-5-6-10-19(17)25-24-15-7-3-2-4-8-15/h2-13H,1H3,(H2,21,22,23). The lowest BCUT2D eigenvalue weighted by Gasteiger charge is -2.09. The summed E-state index contributed by atoms with van der Waals surface area (Å²) in [5, 5.41) is 3.42. The number of aromatic amines is 1. The molecule has 4 aromatic rings. The van der Waals surface area contributed by atoms with Crippen molar-refractivity contribution in [2.75, 3.05) is 5.32 Å². The van der Waals surface area contributed by atoms with E-state index < -0.39 is 0 Å². The van der Waals surface area contributed by atoms with Crippen LogP contribution in [0.5, 0.6) is 0 Å². The number of anilines is 2. The molecule has 0 unspecified atom stereocenters. The third-order valence-electron chi connectivity index (χ3n) is 3.75. The minimum Gasteiger partial charge on any atom is -0.325 e. The Bertz CT molecular complexity index is 996. The average Bonchev–Trinajstić information content (AvgIpc) is 3.03. The number of aromatic nitrogens is 2. The van der Waals surface area contributed by atoms with Gasteiger partial charge in [0.05, 0.1) is 16.7 Å². The highest BCUT2D eigenvalue weighted by molar-refractivity contribution is 8.76. The second kappa shape index (κ2) is 7.25. The highest BCUT2D eigenvalue weighted by atomic mass is 33.1. The number of hydrogen-bond acceptors (Lipinski definition) is 4. The van der Waals surface area contributed by atoms with Gasteiger partial charge in [0.25, 0.3) is 0 Å². The van der Waals surface area contributed by atoms with Crippen molar-refractivity contribution >= 4 is 44.3 Å². The van der Waals surface area contributed by atoms with Crippen LogP contribution in [0, 0.1) is 6.92 Å². The van der Waals surface area contributed by atoms with Gasteiger partial charge >= 0.3 is 0 Å². The predicted octanol–water partition coefficient (Wildman–Crippen LogP) is 6.41. The lowest BCUT2D eigenvalue weighted by Crippen LogP contribution is -1.93. The van der Waals surface area contributed by atoms with E-state index >= 15 is 0 Å². The van der Waals surface area contributed by atoms with Gasteiger partial charge in [-0.1, -0.05) is 58.0 Å². The molecule has 0 aliphatic rings. The maximum Gasteiger partial charge on any atom is 0.205 e. The van der Waals surface area contributed by atoms with Gasteiger partial charge in [-0.2, -0.15) is 0 Å². The molecule has 0 atom stereocenters. The molecule has 0 amide bonds. The zero-order valence-corrected chi connectivity index (χ0v) is 15.3. The summed E-state index contributed by atoms with van der Waals surface area (Å²) in [7, 11) is 3.49. The monoisotopic (exact) mass is 363 g/mol. The van der Waals surface area contributed by atoms with Crippen LogP contribution in [0.3, 0.4) is 0 Å². The van der Waals surface area contributed by atoms with Gasteiger partial charge in [-0.3, -0.25) is 0 Å². The first-order chi connectivity index (χ1) is 12.3. The molecule has 3 nitrogen and oxygen atoms in total. The Morgan fingerprint density at radius 1 is 0.880 bits per heavy atom. The van der Waals surface area contributed by atoms with E-state index in [4.69, 9.17) is 0 Å². The maximum absolute atomic E-state index is 4.63. The maximum atomic E-state index is 4.63. The number of benzene rings is 3. The molecule has 0 bridgehead atoms. The predicted molar refractivity (Wildman–Crippen MR) is 109 cm³/mol. The second-order valence-corrected chi connectivity index (χ2v) is 7.95. The molecule has 1 aromatic heterocycles. The van der Waals surface area contributed by atoms with E-state index in [0.717, 1.165) is 22.7 Å². The summed E-state index contributed by atoms with van der Waals surface area (Å²) in [6, 6.07) is 24.9. The highest BCUT2D eigenvalue weighted by Gasteiger charge is 2.07. The molecule has 1 heterocycles. The van der Waals surface area contributed by atoms with Crippen LogP contribution >= 0.6 is 21.6 Å². The first-order valence-electron chi connectivity index (χ1n) is 8.00. The summed E-state index contributed by atoms with van der Waals surface area (Å²) in [5.41, 5.74) is 4.29. The van der Waals surface area contributed by atoms with Crippen molar-refractivity contribution in [3.05, 3.63) is 78.4 Å². The van der Waals surface area contributed by atoms with Crippen LogP contribution in [0.25, 0.3) is 11.0 Å². The van der Waals surface area contributed by atoms with E-state index in [1.807, 2.05) is 18.2 Å². The van der Waals surface area contributed by atoms with Crippen molar-refractivity contribution in [3.8, 4) is 0 Å². The minimum atomic E-state index is 0.762. The molecule has 0 aliphatic heterocycles. The Morgan fingerprint density at radius 3 is 2.56 bits per heavy atom. The number of aryl methyl sites for hydroxylation is 1. The summed E-state index contributed by atoms with van der Waals surface area (Å²) >= 11 is 0. The average molecular weight is 364 g/mol. The van der Waals surface area contributed by atoms with Gasteiger partial charge in [-0.15, -0.1) is 0 Å². The van der Waals surface area contributed by atoms with E-state index in [-0.39, 0.29) is 0 Å². The lowest BCUT2D eigenvalue weighted by atomic mass is 10.2. The fourth-order valence-corrected chi connectivity index (χ4v) is 4.65. The van der Waals surface area contributed by atoms with E-state index in [1.54, 1.807) is 21.6 Å². The van der Waals surface area contributed by atoms with E-state index in [9.17, 15) is 0 Å². The molecule has 3 aromatic carbocycles. The van der Waals surface area contributed by atoms with Crippen molar-refractivity contribution in [3.63, 3.8) is 0 Å². The summed E-state index contributed by atoms with van der Waals surface area (Å²) in [6.45, 7) is 2.08. The van der Waals surface area contributed by atoms with Gasteiger partial charge in [-0.25, -0.2) is 4.98 Å². The summed E-state index contributed by atoms with van der Waals surface area (Å²) in [5.74, 6) is 0.762. The number of para-hydroxylation sites is 1. The van der Waals surface area contributed by atoms with Gasteiger partial charge in [0, 0.05) is 9.79 Å². The molecule has 0 aliphatic carbocycles. The number of rotatable bonds is 5. The zero-order chi connectivity index (χ0) is 17.1. The molecule has 0 radical (unpaired) electrons. The Hall–Kier alpha value is -2.37. The van der Waals surface area contributed by atoms with Gasteiger partial charge in [0.15, 0.2) is 0 Å². The molecule has 25 heavy (non-hydrogen) atoms. The Kier molecular flexibility index (Phi) is 4.68. The van der Waals surface area contributed by atoms with Crippen LogP contribution in [-0.4, -0.2) is 9.97 Å². The van der Waals surface area contributed by atoms with Crippen LogP contribution in [-0.2, 0) is 0 Å². The summed E-state index contributed by atoms with van der Waals surface area (Å²) < 4.78 is 0. The second-order valence-electron chi connectivity index (χ2n) is 5.71. The number of H-pyrrole nitrogens is 1. The number of hydrogen-bond donors (Lipinski definition) is 2. The van der Waals surface area contributed by atoms with Crippen molar-refractivity contribution in [1.29, 1.82) is 0 Å². The van der Waals surface area contributed by atoms with Crippen molar-refractivity contribution in [2.24, 2.45) is 0 Å². The van der Waals surface area contributed by atoms with Crippen LogP contribution in [0.2, 0.25) is 0 Å². The molecule has 0 saturated carbocycles. The number of nitrogens with zero attached hydrogens (tertiary/aromatic N) is 1. The van der Waals surface area contributed by atoms with Crippen molar-refractivity contribution < 1.29 is 0 Å². The number of nitrogens with one attached hydrogen (secondary N) is 2. The SMILES string of the molecule is Cc1ccc2nc(Nc3ccccc3SSc3ccccc3)[nH]c2c1. The summed E-state index contributed by atoms with van der Waals surface area (Å²) in [6.07, 6.45) is 0. The van der Waals surface area contributed by atoms with Gasteiger partial charge in [-0.05, 0) is 48.9 Å². The molecule has 0 spiro atoms. The van der Waals surface area contributed by atoms with Gasteiger partial charge < -0.3 is 10.3 Å². The van der Waals surface area contributed by atoms with Crippen molar-refractivity contribution in [2.45, 2.75) is 16.7 Å². The van der Waals surface area contributed by atoms with Crippen molar-refractivity contribution in [1.82, 2.24) is 9.97 Å². The van der Waals surface area contributed by atoms with Gasteiger partial charge in [0.2, 0.25) is 5.95 Å². The smallest absolute Gasteiger partial charge is 0.205 e. The first-order valence-corrected chi connectivity index (χ1v) is 10.1. The Balaban J connectivity index is 1.55. The first kappa shape index (κ1) is 16.1. The van der Waals surface area contributed by atoms with Crippen LogP contribution in [0.1, 0.15) is 5.56 Å². The number of imidazole rings is 1. The topological polar surface area (TPSA) is 40.7 Å². The van der Waals surface area contributed by atoms with E-state index in [0.29, 0.717) is 0 Å². The van der Waals surface area contributed by atoms with Crippen LogP contribution in [0.15, 0.2) is 82.6 Å². The fourth-order valence-electron chi connectivity index (χ4n) is 2.52. The third-order valence-corrected chi connectivity index (χ3v) is 6.20. The number of fused-ring (bicyclic) bond motifs is 1.